The Labute approximate surface area is 198 Å². The molecule has 0 heterocycles. The maximum absolute atomic E-state index is 12.9. The van der Waals surface area contributed by atoms with Gasteiger partial charge in [0.15, 0.2) is 0 Å². The maximum atomic E-state index is 12.9. The van der Waals surface area contributed by atoms with E-state index in [4.69, 9.17) is 34.8 Å². The second-order valence-electron chi connectivity index (χ2n) is 6.36. The summed E-state index contributed by atoms with van der Waals surface area (Å²) in [6.45, 7) is 5.40. The molecule has 2 rings (SSSR count). The summed E-state index contributed by atoms with van der Waals surface area (Å²) >= 11 is 17.9. The molecule has 2 aromatic rings. The molecule has 2 amide bonds. The number of hydrogen-bond donors (Lipinski definition) is 1. The number of hydrazine groups is 1. The zero-order chi connectivity index (χ0) is 18.8. The molecule has 0 saturated heterocycles. The van der Waals surface area contributed by atoms with Gasteiger partial charge in [-0.25, -0.2) is 5.01 Å². The molecular formula is C18H20Cl6N2O2. The van der Waals surface area contributed by atoms with Gasteiger partial charge >= 0.3 is 0 Å². The molecule has 0 aliphatic carbocycles. The fourth-order valence-electron chi connectivity index (χ4n) is 2.09. The molecule has 10 heteroatoms. The Morgan fingerprint density at radius 1 is 0.857 bits per heavy atom. The van der Waals surface area contributed by atoms with E-state index < -0.39 is 17.4 Å². The van der Waals surface area contributed by atoms with Crippen LogP contribution in [0.2, 0.25) is 15.1 Å². The molecule has 28 heavy (non-hydrogen) atoms. The number of nitrogens with zero attached hydrogens (tertiary/aromatic N) is 1. The summed E-state index contributed by atoms with van der Waals surface area (Å²) in [6, 6.07) is 11.2. The highest BCUT2D eigenvalue weighted by atomic mass is 35.5. The van der Waals surface area contributed by atoms with E-state index in [0.29, 0.717) is 15.6 Å². The van der Waals surface area contributed by atoms with Gasteiger partial charge in [0.25, 0.3) is 11.8 Å². The largest absolute Gasteiger partial charge is 0.272 e. The van der Waals surface area contributed by atoms with Gasteiger partial charge in [-0.1, -0.05) is 46.9 Å². The number of carbonyl (C=O) groups excluding carboxylic acids is 2. The van der Waals surface area contributed by atoms with E-state index in [-0.39, 0.29) is 47.8 Å². The van der Waals surface area contributed by atoms with Crippen LogP contribution in [0.15, 0.2) is 42.5 Å². The molecule has 0 fully saturated rings. The first-order valence-corrected chi connectivity index (χ1v) is 8.60. The van der Waals surface area contributed by atoms with Crippen LogP contribution in [-0.2, 0) is 0 Å². The van der Waals surface area contributed by atoms with Crippen LogP contribution < -0.4 is 5.43 Å². The third kappa shape index (κ3) is 7.18. The molecule has 0 spiro atoms. The van der Waals surface area contributed by atoms with Crippen molar-refractivity contribution in [3.8, 4) is 0 Å². The van der Waals surface area contributed by atoms with E-state index in [0.717, 1.165) is 0 Å². The van der Waals surface area contributed by atoms with Crippen LogP contribution in [0, 0.1) is 0 Å². The summed E-state index contributed by atoms with van der Waals surface area (Å²) < 4.78 is 0. The van der Waals surface area contributed by atoms with Gasteiger partial charge in [-0.15, -0.1) is 37.2 Å². The fraction of sp³-hybridized carbons (Fsp3) is 0.222. The van der Waals surface area contributed by atoms with Crippen LogP contribution in [-0.4, -0.2) is 22.4 Å². The van der Waals surface area contributed by atoms with Crippen molar-refractivity contribution in [1.82, 2.24) is 10.4 Å². The van der Waals surface area contributed by atoms with Gasteiger partial charge in [-0.05, 0) is 51.1 Å². The predicted octanol–water partition coefficient (Wildman–Crippen LogP) is 6.50. The normalized spacial score (nSPS) is 9.93. The quantitative estimate of drug-likeness (QED) is 0.471. The summed E-state index contributed by atoms with van der Waals surface area (Å²) in [5.41, 5.74) is 2.54. The smallest absolute Gasteiger partial charge is 0.267 e. The Bertz CT molecular complexity index is 824. The molecule has 4 nitrogen and oxygen atoms in total. The molecular weight excluding hydrogens is 489 g/mol. The van der Waals surface area contributed by atoms with Crippen LogP contribution in [0.4, 0.5) is 0 Å². The lowest BCUT2D eigenvalue weighted by Crippen LogP contribution is -2.55. The summed E-state index contributed by atoms with van der Waals surface area (Å²) in [4.78, 5) is 25.4. The Morgan fingerprint density at radius 2 is 1.43 bits per heavy atom. The van der Waals surface area contributed by atoms with E-state index in [2.05, 4.69) is 5.43 Å². The Balaban J connectivity index is 0. The third-order valence-electron chi connectivity index (χ3n) is 3.37. The fourth-order valence-corrected chi connectivity index (χ4v) is 2.61. The lowest BCUT2D eigenvalue weighted by atomic mass is 10.1. The molecule has 0 bridgehead atoms. The molecule has 0 radical (unpaired) electrons. The summed E-state index contributed by atoms with van der Waals surface area (Å²) in [5.74, 6) is -0.889. The monoisotopic (exact) mass is 506 g/mol. The molecule has 2 aromatic carbocycles. The number of rotatable bonds is 2. The Kier molecular flexibility index (Phi) is 12.5. The molecule has 0 aliphatic heterocycles. The van der Waals surface area contributed by atoms with Crippen molar-refractivity contribution < 1.29 is 9.59 Å². The first-order valence-electron chi connectivity index (χ1n) is 7.46. The molecule has 0 saturated carbocycles. The van der Waals surface area contributed by atoms with E-state index in [9.17, 15) is 9.59 Å². The average molecular weight is 509 g/mol. The van der Waals surface area contributed by atoms with Crippen LogP contribution in [0.1, 0.15) is 41.5 Å². The SMILES string of the molecule is CC(C)(C)N(NC(=O)c1ccccc1Cl)C(=O)c1ccc(Cl)c(Cl)c1.Cl.Cl.Cl. The first-order chi connectivity index (χ1) is 11.6. The Hall–Kier alpha value is -0.880. The highest BCUT2D eigenvalue weighted by Gasteiger charge is 2.30. The van der Waals surface area contributed by atoms with Crippen molar-refractivity contribution >= 4 is 83.8 Å². The molecule has 0 atom stereocenters. The van der Waals surface area contributed by atoms with Crippen LogP contribution in [0.3, 0.4) is 0 Å². The molecule has 1 N–H and O–H groups in total. The van der Waals surface area contributed by atoms with Crippen molar-refractivity contribution in [1.29, 1.82) is 0 Å². The van der Waals surface area contributed by atoms with Crippen LogP contribution >= 0.6 is 72.0 Å². The summed E-state index contributed by atoms with van der Waals surface area (Å²) in [5, 5.41) is 2.16. The topological polar surface area (TPSA) is 49.4 Å². The number of benzene rings is 2. The van der Waals surface area contributed by atoms with E-state index >= 15 is 0 Å². The minimum absolute atomic E-state index is 0. The van der Waals surface area contributed by atoms with Gasteiger partial charge in [0, 0.05) is 5.56 Å². The molecule has 0 unspecified atom stereocenters. The number of nitrogens with one attached hydrogen (secondary N) is 1. The zero-order valence-corrected chi connectivity index (χ0v) is 19.9. The summed E-state index contributed by atoms with van der Waals surface area (Å²) in [7, 11) is 0. The van der Waals surface area contributed by atoms with E-state index in [1.54, 1.807) is 51.1 Å². The van der Waals surface area contributed by atoms with Crippen molar-refractivity contribution in [2.75, 3.05) is 0 Å². The van der Waals surface area contributed by atoms with Crippen molar-refractivity contribution in [2.24, 2.45) is 0 Å². The standard InChI is InChI=1S/C18H17Cl3N2O2.3ClH/c1-18(2,3)23(17(25)11-8-9-14(20)15(21)10-11)22-16(24)12-6-4-5-7-13(12)19;;;/h4-10H,1-3H3,(H,22,24);3*1H. The van der Waals surface area contributed by atoms with Crippen molar-refractivity contribution in [3.63, 3.8) is 0 Å². The lowest BCUT2D eigenvalue weighted by molar-refractivity contribution is 0.0358. The zero-order valence-electron chi connectivity index (χ0n) is 15.2. The van der Waals surface area contributed by atoms with Crippen molar-refractivity contribution in [3.05, 3.63) is 68.7 Å². The van der Waals surface area contributed by atoms with Crippen molar-refractivity contribution in [2.45, 2.75) is 26.3 Å². The highest BCUT2D eigenvalue weighted by Crippen LogP contribution is 2.25. The van der Waals surface area contributed by atoms with Gasteiger partial charge in [0.2, 0.25) is 0 Å². The third-order valence-corrected chi connectivity index (χ3v) is 4.44. The van der Waals surface area contributed by atoms with Gasteiger partial charge < -0.3 is 0 Å². The minimum Gasteiger partial charge on any atom is -0.267 e. The van der Waals surface area contributed by atoms with Gasteiger partial charge in [0.05, 0.1) is 26.2 Å². The lowest BCUT2D eigenvalue weighted by Gasteiger charge is -2.35. The first kappa shape index (κ1) is 29.3. The Morgan fingerprint density at radius 3 is 1.93 bits per heavy atom. The number of halogens is 6. The van der Waals surface area contributed by atoms with Gasteiger partial charge in [-0.3, -0.25) is 15.0 Å². The van der Waals surface area contributed by atoms with E-state index in [1.807, 2.05) is 0 Å². The molecule has 156 valence electrons. The predicted molar refractivity (Wildman–Crippen MR) is 123 cm³/mol. The van der Waals surface area contributed by atoms with E-state index in [1.165, 1.54) is 17.1 Å². The van der Waals surface area contributed by atoms with Crippen LogP contribution in [0.5, 0.6) is 0 Å². The molecule has 0 aliphatic rings. The van der Waals surface area contributed by atoms with Gasteiger partial charge in [-0.2, -0.15) is 0 Å². The average Bonchev–Trinajstić information content (AvgIpc) is 2.53. The number of carbonyl (C=O) groups is 2. The maximum Gasteiger partial charge on any atom is 0.272 e. The van der Waals surface area contributed by atoms with Gasteiger partial charge in [0.1, 0.15) is 0 Å². The van der Waals surface area contributed by atoms with Crippen LogP contribution in [0.25, 0.3) is 0 Å². The minimum atomic E-state index is -0.680. The molecule has 0 aromatic heterocycles. The highest BCUT2D eigenvalue weighted by molar-refractivity contribution is 6.42. The second kappa shape index (κ2) is 12.0. The summed E-state index contributed by atoms with van der Waals surface area (Å²) in [6.07, 6.45) is 0. The number of hydrogen-bond acceptors (Lipinski definition) is 2. The number of amides is 2. The second-order valence-corrected chi connectivity index (χ2v) is 7.58.